The van der Waals surface area contributed by atoms with Crippen molar-refractivity contribution in [3.63, 3.8) is 0 Å². The largest absolute Gasteiger partial charge is 0.389 e. The molecule has 1 aliphatic heterocycles. The van der Waals surface area contributed by atoms with Crippen LogP contribution in [0.5, 0.6) is 0 Å². The highest BCUT2D eigenvalue weighted by atomic mass is 16.5. The first-order valence-electron chi connectivity index (χ1n) is 6.17. The number of aliphatic hydroxyl groups is 1. The quantitative estimate of drug-likeness (QED) is 0.662. The van der Waals surface area contributed by atoms with Crippen LogP contribution in [-0.4, -0.2) is 48.5 Å². The SMILES string of the molecule is CCCCOCC(O)CN1CCCC1C#N. The Hall–Kier alpha value is -0.630. The van der Waals surface area contributed by atoms with Crippen LogP contribution in [0.4, 0.5) is 0 Å². The zero-order valence-electron chi connectivity index (χ0n) is 10.1. The molecule has 0 bridgehead atoms. The summed E-state index contributed by atoms with van der Waals surface area (Å²) in [6.07, 6.45) is 3.67. The van der Waals surface area contributed by atoms with Crippen LogP contribution in [0.25, 0.3) is 0 Å². The summed E-state index contributed by atoms with van der Waals surface area (Å²) in [4.78, 5) is 2.05. The molecule has 2 atom stereocenters. The minimum Gasteiger partial charge on any atom is -0.389 e. The van der Waals surface area contributed by atoms with Crippen LogP contribution < -0.4 is 0 Å². The van der Waals surface area contributed by atoms with E-state index in [9.17, 15) is 5.11 Å². The van der Waals surface area contributed by atoms with Crippen molar-refractivity contribution in [1.82, 2.24) is 4.90 Å². The molecule has 4 heteroatoms. The van der Waals surface area contributed by atoms with Gasteiger partial charge in [-0.3, -0.25) is 4.90 Å². The Bertz CT molecular complexity index is 228. The first-order valence-corrected chi connectivity index (χ1v) is 6.17. The van der Waals surface area contributed by atoms with Crippen molar-refractivity contribution in [2.24, 2.45) is 0 Å². The van der Waals surface area contributed by atoms with Gasteiger partial charge in [-0.2, -0.15) is 5.26 Å². The Morgan fingerprint density at radius 2 is 2.44 bits per heavy atom. The van der Waals surface area contributed by atoms with Crippen molar-refractivity contribution in [2.75, 3.05) is 26.3 Å². The summed E-state index contributed by atoms with van der Waals surface area (Å²) in [7, 11) is 0. The second kappa shape index (κ2) is 7.61. The van der Waals surface area contributed by atoms with Gasteiger partial charge in [0.2, 0.25) is 0 Å². The van der Waals surface area contributed by atoms with Gasteiger partial charge in [-0.05, 0) is 25.8 Å². The van der Waals surface area contributed by atoms with Gasteiger partial charge in [0, 0.05) is 13.2 Å². The van der Waals surface area contributed by atoms with Crippen molar-refractivity contribution in [3.05, 3.63) is 0 Å². The summed E-state index contributed by atoms with van der Waals surface area (Å²) >= 11 is 0. The van der Waals surface area contributed by atoms with Crippen LogP contribution in [0.2, 0.25) is 0 Å². The molecule has 0 aliphatic carbocycles. The molecule has 0 radical (unpaired) electrons. The summed E-state index contributed by atoms with van der Waals surface area (Å²) in [6.45, 7) is 4.69. The zero-order valence-corrected chi connectivity index (χ0v) is 10.1. The van der Waals surface area contributed by atoms with E-state index in [2.05, 4.69) is 13.0 Å². The van der Waals surface area contributed by atoms with Crippen molar-refractivity contribution in [3.8, 4) is 6.07 Å². The monoisotopic (exact) mass is 226 g/mol. The molecule has 1 heterocycles. The lowest BCUT2D eigenvalue weighted by Gasteiger charge is -2.22. The predicted molar refractivity (Wildman–Crippen MR) is 61.9 cm³/mol. The number of nitriles is 1. The van der Waals surface area contributed by atoms with Gasteiger partial charge in [-0.25, -0.2) is 0 Å². The fraction of sp³-hybridized carbons (Fsp3) is 0.917. The molecule has 16 heavy (non-hydrogen) atoms. The van der Waals surface area contributed by atoms with E-state index in [1.165, 1.54) is 0 Å². The van der Waals surface area contributed by atoms with E-state index in [1.807, 2.05) is 4.90 Å². The topological polar surface area (TPSA) is 56.5 Å². The molecule has 1 saturated heterocycles. The maximum absolute atomic E-state index is 9.75. The molecular formula is C12H22N2O2. The molecule has 0 spiro atoms. The summed E-state index contributed by atoms with van der Waals surface area (Å²) in [6, 6.07) is 2.26. The van der Waals surface area contributed by atoms with E-state index < -0.39 is 6.10 Å². The van der Waals surface area contributed by atoms with E-state index in [-0.39, 0.29) is 6.04 Å². The average Bonchev–Trinajstić information content (AvgIpc) is 2.71. The Morgan fingerprint density at radius 3 is 3.12 bits per heavy atom. The minimum absolute atomic E-state index is 0.00899. The average molecular weight is 226 g/mol. The van der Waals surface area contributed by atoms with Gasteiger partial charge in [-0.1, -0.05) is 13.3 Å². The number of hydrogen-bond acceptors (Lipinski definition) is 4. The van der Waals surface area contributed by atoms with Crippen LogP contribution in [0.1, 0.15) is 32.6 Å². The van der Waals surface area contributed by atoms with Gasteiger partial charge in [0.05, 0.1) is 24.8 Å². The maximum atomic E-state index is 9.75. The highest BCUT2D eigenvalue weighted by Crippen LogP contribution is 2.16. The maximum Gasteiger partial charge on any atom is 0.0979 e. The normalized spacial score (nSPS) is 23.2. The molecular weight excluding hydrogens is 204 g/mol. The molecule has 0 aromatic carbocycles. The van der Waals surface area contributed by atoms with E-state index >= 15 is 0 Å². The van der Waals surface area contributed by atoms with Gasteiger partial charge >= 0.3 is 0 Å². The van der Waals surface area contributed by atoms with Gasteiger partial charge in [0.15, 0.2) is 0 Å². The first kappa shape index (κ1) is 13.4. The molecule has 0 amide bonds. The highest BCUT2D eigenvalue weighted by molar-refractivity contribution is 4.96. The first-order chi connectivity index (χ1) is 7.77. The summed E-state index contributed by atoms with van der Waals surface area (Å²) in [5, 5.41) is 18.6. The van der Waals surface area contributed by atoms with E-state index in [1.54, 1.807) is 0 Å². The van der Waals surface area contributed by atoms with Crippen molar-refractivity contribution in [2.45, 2.75) is 44.8 Å². The van der Waals surface area contributed by atoms with Crippen LogP contribution in [0.15, 0.2) is 0 Å². The number of likely N-dealkylation sites (tertiary alicyclic amines) is 1. The minimum atomic E-state index is -0.467. The second-order valence-electron chi connectivity index (χ2n) is 4.36. The van der Waals surface area contributed by atoms with Crippen molar-refractivity contribution < 1.29 is 9.84 Å². The lowest BCUT2D eigenvalue weighted by Crippen LogP contribution is -2.37. The number of nitrogens with zero attached hydrogens (tertiary/aromatic N) is 2. The molecule has 1 aliphatic rings. The fourth-order valence-electron chi connectivity index (χ4n) is 1.98. The predicted octanol–water partition coefficient (Wildman–Crippen LogP) is 1.15. The van der Waals surface area contributed by atoms with Crippen molar-refractivity contribution in [1.29, 1.82) is 5.26 Å². The Balaban J connectivity index is 2.13. The third kappa shape index (κ3) is 4.48. The van der Waals surface area contributed by atoms with Crippen LogP contribution in [-0.2, 0) is 4.74 Å². The number of aliphatic hydroxyl groups excluding tert-OH is 1. The highest BCUT2D eigenvalue weighted by Gasteiger charge is 2.25. The van der Waals surface area contributed by atoms with E-state index in [0.717, 1.165) is 38.8 Å². The smallest absolute Gasteiger partial charge is 0.0979 e. The molecule has 0 aromatic heterocycles. The number of unbranched alkanes of at least 4 members (excludes halogenated alkanes) is 1. The molecule has 4 nitrogen and oxygen atoms in total. The molecule has 1 rings (SSSR count). The zero-order chi connectivity index (χ0) is 11.8. The van der Waals surface area contributed by atoms with E-state index in [4.69, 9.17) is 10.00 Å². The summed E-state index contributed by atoms with van der Waals surface area (Å²) < 4.78 is 5.36. The molecule has 1 N–H and O–H groups in total. The molecule has 0 aromatic rings. The standard InChI is InChI=1S/C12H22N2O2/c1-2-3-7-16-10-12(15)9-14-6-4-5-11(14)8-13/h11-12,15H,2-7,9-10H2,1H3. The molecule has 1 fully saturated rings. The third-order valence-electron chi connectivity index (χ3n) is 2.91. The fourth-order valence-corrected chi connectivity index (χ4v) is 1.98. The summed E-state index contributed by atoms with van der Waals surface area (Å²) in [5.41, 5.74) is 0. The number of β-amino-alcohol motifs (C(OH)–C–C–N with tert-alkyl or cyclic N) is 1. The third-order valence-corrected chi connectivity index (χ3v) is 2.91. The Kier molecular flexibility index (Phi) is 6.39. The Morgan fingerprint density at radius 1 is 1.62 bits per heavy atom. The van der Waals surface area contributed by atoms with E-state index in [0.29, 0.717) is 13.2 Å². The number of rotatable bonds is 7. The molecule has 0 saturated carbocycles. The second-order valence-corrected chi connectivity index (χ2v) is 4.36. The van der Waals surface area contributed by atoms with Crippen LogP contribution in [0, 0.1) is 11.3 Å². The number of hydrogen-bond donors (Lipinski definition) is 1. The van der Waals surface area contributed by atoms with Gasteiger partial charge < -0.3 is 9.84 Å². The number of ether oxygens (including phenoxy) is 1. The molecule has 2 unspecified atom stereocenters. The Labute approximate surface area is 97.8 Å². The van der Waals surface area contributed by atoms with Crippen LogP contribution in [0.3, 0.4) is 0 Å². The summed E-state index contributed by atoms with van der Waals surface area (Å²) in [5.74, 6) is 0. The van der Waals surface area contributed by atoms with Gasteiger partial charge in [-0.15, -0.1) is 0 Å². The van der Waals surface area contributed by atoms with Gasteiger partial charge in [0.1, 0.15) is 0 Å². The van der Waals surface area contributed by atoms with Gasteiger partial charge in [0.25, 0.3) is 0 Å². The lowest BCUT2D eigenvalue weighted by molar-refractivity contribution is 0.0166. The van der Waals surface area contributed by atoms with Crippen LogP contribution >= 0.6 is 0 Å². The molecule has 92 valence electrons. The van der Waals surface area contributed by atoms with Crippen molar-refractivity contribution >= 4 is 0 Å². The lowest BCUT2D eigenvalue weighted by atomic mass is 10.2.